The van der Waals surface area contributed by atoms with Crippen LogP contribution in [0.5, 0.6) is 0 Å². The molecule has 1 aromatic carbocycles. The standard InChI is InChI=1S/C22H30N4O3S/c1-14(27)13-22(2,3)24-19(29)15-8-10-16(11-9-15)20-25-26(4)21(30-20)23-17-6-5-7-18(28)12-17/h8-11,17-18,28H,5-7,12-13H2,1-4H3,(H,24,29)/t17-,18-/m1/s1. The van der Waals surface area contributed by atoms with E-state index in [0.29, 0.717) is 12.0 Å². The Bertz CT molecular complexity index is 975. The number of benzene rings is 1. The zero-order valence-corrected chi connectivity index (χ0v) is 18.8. The number of aliphatic hydroxyl groups is 1. The lowest BCUT2D eigenvalue weighted by Crippen LogP contribution is -2.44. The first kappa shape index (κ1) is 22.4. The number of aliphatic hydroxyl groups excluding tert-OH is 1. The van der Waals surface area contributed by atoms with Crippen LogP contribution in [0.2, 0.25) is 0 Å². The summed E-state index contributed by atoms with van der Waals surface area (Å²) in [7, 11) is 1.87. The summed E-state index contributed by atoms with van der Waals surface area (Å²) in [5, 5.41) is 18.2. The predicted molar refractivity (Wildman–Crippen MR) is 117 cm³/mol. The number of aromatic nitrogens is 2. The fraction of sp³-hybridized carbons (Fsp3) is 0.545. The van der Waals surface area contributed by atoms with E-state index < -0.39 is 5.54 Å². The number of amides is 1. The zero-order valence-electron chi connectivity index (χ0n) is 18.0. The summed E-state index contributed by atoms with van der Waals surface area (Å²) < 4.78 is 1.77. The maximum Gasteiger partial charge on any atom is 0.251 e. The fourth-order valence-corrected chi connectivity index (χ4v) is 4.77. The predicted octanol–water partition coefficient (Wildman–Crippen LogP) is 2.84. The molecule has 1 amide bonds. The van der Waals surface area contributed by atoms with Crippen LogP contribution in [0, 0.1) is 0 Å². The summed E-state index contributed by atoms with van der Waals surface area (Å²) in [4.78, 5) is 29.5. The van der Waals surface area contributed by atoms with E-state index in [1.165, 1.54) is 18.3 Å². The van der Waals surface area contributed by atoms with Crippen molar-refractivity contribution in [3.8, 4) is 10.6 Å². The Kier molecular flexibility index (Phi) is 6.88. The van der Waals surface area contributed by atoms with Crippen LogP contribution in [0.3, 0.4) is 0 Å². The van der Waals surface area contributed by atoms with Crippen molar-refractivity contribution in [3.05, 3.63) is 34.6 Å². The minimum Gasteiger partial charge on any atom is -0.393 e. The van der Waals surface area contributed by atoms with Gasteiger partial charge in [0.15, 0.2) is 0 Å². The molecule has 0 unspecified atom stereocenters. The number of carbonyl (C=O) groups excluding carboxylic acids is 2. The molecule has 0 saturated heterocycles. The zero-order chi connectivity index (χ0) is 21.9. The highest BCUT2D eigenvalue weighted by Crippen LogP contribution is 2.23. The second-order valence-electron chi connectivity index (χ2n) is 8.71. The summed E-state index contributed by atoms with van der Waals surface area (Å²) in [6, 6.07) is 7.42. The molecule has 2 N–H and O–H groups in total. The fourth-order valence-electron chi connectivity index (χ4n) is 3.80. The Morgan fingerprint density at radius 3 is 2.63 bits per heavy atom. The lowest BCUT2D eigenvalue weighted by atomic mass is 9.94. The van der Waals surface area contributed by atoms with Crippen LogP contribution in [-0.2, 0) is 11.8 Å². The lowest BCUT2D eigenvalue weighted by Gasteiger charge is -2.25. The summed E-state index contributed by atoms with van der Waals surface area (Å²) in [5.41, 5.74) is 0.867. The number of hydrogen-bond acceptors (Lipinski definition) is 6. The average Bonchev–Trinajstić information content (AvgIpc) is 3.01. The number of hydrogen-bond donors (Lipinski definition) is 2. The van der Waals surface area contributed by atoms with Gasteiger partial charge in [0.25, 0.3) is 5.91 Å². The lowest BCUT2D eigenvalue weighted by molar-refractivity contribution is -0.118. The Morgan fingerprint density at radius 1 is 1.30 bits per heavy atom. The van der Waals surface area contributed by atoms with Crippen LogP contribution in [0.1, 0.15) is 63.2 Å². The molecule has 8 heteroatoms. The summed E-state index contributed by atoms with van der Waals surface area (Å²) in [6.07, 6.45) is 3.58. The van der Waals surface area contributed by atoms with Crippen LogP contribution in [0.25, 0.3) is 10.6 Å². The van der Waals surface area contributed by atoms with Gasteiger partial charge in [0, 0.05) is 30.1 Å². The summed E-state index contributed by atoms with van der Waals surface area (Å²) in [6.45, 7) is 5.20. The van der Waals surface area contributed by atoms with E-state index in [2.05, 4.69) is 10.4 Å². The maximum atomic E-state index is 12.5. The molecule has 1 aliphatic rings. The number of nitrogens with one attached hydrogen (secondary N) is 1. The van der Waals surface area contributed by atoms with Crippen molar-refractivity contribution in [2.75, 3.05) is 0 Å². The van der Waals surface area contributed by atoms with Crippen molar-refractivity contribution in [1.82, 2.24) is 15.1 Å². The Morgan fingerprint density at radius 2 is 2.00 bits per heavy atom. The van der Waals surface area contributed by atoms with Gasteiger partial charge in [-0.3, -0.25) is 14.6 Å². The van der Waals surface area contributed by atoms with Gasteiger partial charge in [-0.2, -0.15) is 5.10 Å². The van der Waals surface area contributed by atoms with Gasteiger partial charge < -0.3 is 10.4 Å². The quantitative estimate of drug-likeness (QED) is 0.736. The van der Waals surface area contributed by atoms with Gasteiger partial charge in [0.2, 0.25) is 4.80 Å². The van der Waals surface area contributed by atoms with E-state index in [1.807, 2.05) is 33.0 Å². The van der Waals surface area contributed by atoms with E-state index in [4.69, 9.17) is 4.99 Å². The number of rotatable bonds is 6. The van der Waals surface area contributed by atoms with Crippen molar-refractivity contribution in [3.63, 3.8) is 0 Å². The van der Waals surface area contributed by atoms with E-state index in [1.54, 1.807) is 16.8 Å². The largest absolute Gasteiger partial charge is 0.393 e. The van der Waals surface area contributed by atoms with Gasteiger partial charge in [0.1, 0.15) is 10.8 Å². The van der Waals surface area contributed by atoms with E-state index in [0.717, 1.165) is 34.6 Å². The molecule has 0 radical (unpaired) electrons. The van der Waals surface area contributed by atoms with Gasteiger partial charge in [0.05, 0.1) is 12.1 Å². The number of carbonyl (C=O) groups is 2. The number of Topliss-reactive ketones (excluding diaryl/α,β-unsaturated/α-hetero) is 1. The summed E-state index contributed by atoms with van der Waals surface area (Å²) >= 11 is 1.50. The smallest absolute Gasteiger partial charge is 0.251 e. The SMILES string of the molecule is CC(=O)CC(C)(C)NC(=O)c1ccc(-c2nn(C)c(=N[C@@H]3CCC[C@@H](O)C3)s2)cc1. The molecule has 3 rings (SSSR count). The van der Waals surface area contributed by atoms with Gasteiger partial charge in [-0.05, 0) is 58.6 Å². The topological polar surface area (TPSA) is 96.6 Å². The van der Waals surface area contributed by atoms with Crippen molar-refractivity contribution in [1.29, 1.82) is 0 Å². The molecule has 7 nitrogen and oxygen atoms in total. The van der Waals surface area contributed by atoms with Crippen molar-refractivity contribution >= 4 is 23.0 Å². The number of ketones is 1. The van der Waals surface area contributed by atoms with E-state index in [9.17, 15) is 14.7 Å². The molecular formula is C22H30N4O3S. The Labute approximate surface area is 180 Å². The molecular weight excluding hydrogens is 400 g/mol. The molecule has 0 aliphatic heterocycles. The third-order valence-corrected chi connectivity index (χ3v) is 6.22. The highest BCUT2D eigenvalue weighted by Gasteiger charge is 2.23. The normalized spacial score (nSPS) is 20.2. The first-order chi connectivity index (χ1) is 14.1. The van der Waals surface area contributed by atoms with Gasteiger partial charge in [-0.15, -0.1) is 0 Å². The summed E-state index contributed by atoms with van der Waals surface area (Å²) in [5.74, 6) is -0.166. The Balaban J connectivity index is 1.74. The third kappa shape index (κ3) is 5.86. The van der Waals surface area contributed by atoms with E-state index >= 15 is 0 Å². The molecule has 1 heterocycles. The van der Waals surface area contributed by atoms with Gasteiger partial charge in [-0.25, -0.2) is 4.68 Å². The first-order valence-electron chi connectivity index (χ1n) is 10.3. The van der Waals surface area contributed by atoms with Crippen LogP contribution in [0.4, 0.5) is 0 Å². The number of aryl methyl sites for hydroxylation is 1. The molecule has 2 atom stereocenters. The molecule has 0 bridgehead atoms. The number of nitrogens with zero attached hydrogens (tertiary/aromatic N) is 3. The molecule has 2 aromatic rings. The second kappa shape index (κ2) is 9.22. The average molecular weight is 431 g/mol. The van der Waals surface area contributed by atoms with Crippen molar-refractivity contribution in [2.24, 2.45) is 12.0 Å². The minimum absolute atomic E-state index is 0.0382. The minimum atomic E-state index is -0.590. The van der Waals surface area contributed by atoms with Crippen LogP contribution in [0.15, 0.2) is 29.3 Å². The maximum absolute atomic E-state index is 12.5. The van der Waals surface area contributed by atoms with Crippen LogP contribution in [-0.4, -0.2) is 44.3 Å². The molecule has 1 saturated carbocycles. The molecule has 1 aliphatic carbocycles. The van der Waals surface area contributed by atoms with E-state index in [-0.39, 0.29) is 30.3 Å². The highest BCUT2D eigenvalue weighted by molar-refractivity contribution is 7.12. The highest BCUT2D eigenvalue weighted by atomic mass is 32.1. The van der Waals surface area contributed by atoms with Gasteiger partial charge in [-0.1, -0.05) is 23.5 Å². The van der Waals surface area contributed by atoms with Crippen molar-refractivity contribution in [2.45, 2.75) is 70.6 Å². The monoisotopic (exact) mass is 430 g/mol. The van der Waals surface area contributed by atoms with Gasteiger partial charge >= 0.3 is 0 Å². The van der Waals surface area contributed by atoms with Crippen molar-refractivity contribution < 1.29 is 14.7 Å². The molecule has 1 aromatic heterocycles. The molecule has 30 heavy (non-hydrogen) atoms. The molecule has 1 fully saturated rings. The first-order valence-corrected chi connectivity index (χ1v) is 11.1. The van der Waals surface area contributed by atoms with Crippen LogP contribution < -0.4 is 10.1 Å². The Hall–Kier alpha value is -2.32. The van der Waals surface area contributed by atoms with Crippen LogP contribution >= 0.6 is 11.3 Å². The second-order valence-corrected chi connectivity index (χ2v) is 9.67. The molecule has 162 valence electrons. The third-order valence-electron chi connectivity index (χ3n) is 5.15. The molecule has 0 spiro atoms.